The molecule has 1 unspecified atom stereocenters. The number of benzene rings is 2. The molecular weight excluding hydrogens is 414 g/mol. The first-order valence-corrected chi connectivity index (χ1v) is 9.92. The molecule has 3 aromatic rings. The predicted molar refractivity (Wildman–Crippen MR) is 108 cm³/mol. The molecule has 1 amide bonds. The molecule has 0 aliphatic carbocycles. The van der Waals surface area contributed by atoms with Gasteiger partial charge >= 0.3 is 0 Å². The molecule has 0 spiro atoms. The zero-order valence-corrected chi connectivity index (χ0v) is 16.7. The van der Waals surface area contributed by atoms with E-state index in [0.29, 0.717) is 36.2 Å². The number of anilines is 1. The molecule has 1 saturated heterocycles. The van der Waals surface area contributed by atoms with Gasteiger partial charge in [-0.25, -0.2) is 8.78 Å². The molecule has 156 valence electrons. The van der Waals surface area contributed by atoms with Gasteiger partial charge in [-0.15, -0.1) is 0 Å². The molecule has 0 radical (unpaired) electrons. The lowest BCUT2D eigenvalue weighted by atomic mass is 9.97. The molecule has 0 saturated carbocycles. The average Bonchev–Trinajstić information content (AvgIpc) is 3.20. The van der Waals surface area contributed by atoms with Crippen LogP contribution in [-0.4, -0.2) is 34.0 Å². The molecule has 1 aromatic heterocycles. The van der Waals surface area contributed by atoms with Crippen molar-refractivity contribution in [2.24, 2.45) is 5.92 Å². The number of rotatable bonds is 5. The Morgan fingerprint density at radius 3 is 2.77 bits per heavy atom. The third-order valence-electron chi connectivity index (χ3n) is 4.99. The van der Waals surface area contributed by atoms with E-state index >= 15 is 0 Å². The molecular formula is C21H19ClF2N4O2. The Bertz CT molecular complexity index is 1040. The van der Waals surface area contributed by atoms with Crippen LogP contribution in [0.25, 0.3) is 11.4 Å². The molecule has 2 heterocycles. The maximum Gasteiger partial charge on any atom is 0.241 e. The second-order valence-electron chi connectivity index (χ2n) is 7.21. The number of likely N-dealkylation sites (tertiary alicyclic amines) is 1. The second-order valence-corrected chi connectivity index (χ2v) is 7.65. The van der Waals surface area contributed by atoms with Crippen LogP contribution in [0, 0.1) is 17.6 Å². The van der Waals surface area contributed by atoms with Crippen LogP contribution in [0.3, 0.4) is 0 Å². The van der Waals surface area contributed by atoms with Gasteiger partial charge in [0, 0.05) is 28.9 Å². The van der Waals surface area contributed by atoms with E-state index in [2.05, 4.69) is 20.4 Å². The van der Waals surface area contributed by atoms with Gasteiger partial charge in [-0.3, -0.25) is 9.69 Å². The SMILES string of the molecule is O=C(Nc1ccc(F)c(F)c1)C1CCCN(Cc2nc(-c3ccc(Cl)cc3)no2)C1. The van der Waals surface area contributed by atoms with Crippen LogP contribution >= 0.6 is 11.6 Å². The van der Waals surface area contributed by atoms with E-state index in [1.165, 1.54) is 6.07 Å². The van der Waals surface area contributed by atoms with Crippen molar-refractivity contribution in [1.82, 2.24) is 15.0 Å². The quantitative estimate of drug-likeness (QED) is 0.642. The van der Waals surface area contributed by atoms with E-state index in [1.54, 1.807) is 12.1 Å². The van der Waals surface area contributed by atoms with Gasteiger partial charge in [0.05, 0.1) is 12.5 Å². The molecule has 30 heavy (non-hydrogen) atoms. The van der Waals surface area contributed by atoms with E-state index in [4.69, 9.17) is 16.1 Å². The van der Waals surface area contributed by atoms with Crippen molar-refractivity contribution in [3.05, 3.63) is 65.0 Å². The minimum atomic E-state index is -0.994. The van der Waals surface area contributed by atoms with Crippen LogP contribution in [0.2, 0.25) is 5.02 Å². The van der Waals surface area contributed by atoms with Gasteiger partial charge in [-0.2, -0.15) is 4.98 Å². The van der Waals surface area contributed by atoms with Crippen molar-refractivity contribution in [1.29, 1.82) is 0 Å². The number of hydrogen-bond acceptors (Lipinski definition) is 5. The Labute approximate surface area is 176 Å². The first kappa shape index (κ1) is 20.4. The summed E-state index contributed by atoms with van der Waals surface area (Å²) in [7, 11) is 0. The lowest BCUT2D eigenvalue weighted by molar-refractivity contribution is -0.121. The van der Waals surface area contributed by atoms with Gasteiger partial charge in [-0.1, -0.05) is 16.8 Å². The maximum atomic E-state index is 13.4. The van der Waals surface area contributed by atoms with Crippen molar-refractivity contribution < 1.29 is 18.1 Å². The Morgan fingerprint density at radius 1 is 1.20 bits per heavy atom. The highest BCUT2D eigenvalue weighted by atomic mass is 35.5. The van der Waals surface area contributed by atoms with Crippen LogP contribution in [-0.2, 0) is 11.3 Å². The summed E-state index contributed by atoms with van der Waals surface area (Å²) in [5.41, 5.74) is 1.04. The molecule has 1 aliphatic heterocycles. The first-order chi connectivity index (χ1) is 14.5. The molecule has 0 bridgehead atoms. The van der Waals surface area contributed by atoms with Gasteiger partial charge in [0.15, 0.2) is 11.6 Å². The Balaban J connectivity index is 1.36. The average molecular weight is 433 g/mol. The number of amides is 1. The largest absolute Gasteiger partial charge is 0.338 e. The fourth-order valence-corrected chi connectivity index (χ4v) is 3.58. The first-order valence-electron chi connectivity index (χ1n) is 9.55. The van der Waals surface area contributed by atoms with E-state index in [0.717, 1.165) is 30.7 Å². The number of piperidine rings is 1. The third-order valence-corrected chi connectivity index (χ3v) is 5.24. The number of nitrogens with one attached hydrogen (secondary N) is 1. The number of nitrogens with zero attached hydrogens (tertiary/aromatic N) is 3. The van der Waals surface area contributed by atoms with E-state index in [-0.39, 0.29) is 17.5 Å². The predicted octanol–water partition coefficient (Wildman–Crippen LogP) is 4.52. The monoisotopic (exact) mass is 432 g/mol. The maximum absolute atomic E-state index is 13.4. The Kier molecular flexibility index (Phi) is 6.06. The summed E-state index contributed by atoms with van der Waals surface area (Å²) in [4.78, 5) is 19.0. The Hall–Kier alpha value is -2.84. The van der Waals surface area contributed by atoms with Gasteiger partial charge in [0.2, 0.25) is 17.6 Å². The summed E-state index contributed by atoms with van der Waals surface area (Å²) in [6.07, 6.45) is 1.54. The molecule has 1 N–H and O–H groups in total. The minimum Gasteiger partial charge on any atom is -0.338 e. The molecule has 6 nitrogen and oxygen atoms in total. The summed E-state index contributed by atoms with van der Waals surface area (Å²) < 4.78 is 31.8. The van der Waals surface area contributed by atoms with Crippen LogP contribution in [0.1, 0.15) is 18.7 Å². The number of aromatic nitrogens is 2. The summed E-state index contributed by atoms with van der Waals surface area (Å²) >= 11 is 5.90. The lowest BCUT2D eigenvalue weighted by Gasteiger charge is -2.30. The van der Waals surface area contributed by atoms with Gasteiger partial charge in [-0.05, 0) is 55.8 Å². The van der Waals surface area contributed by atoms with Crippen molar-refractivity contribution in [3.63, 3.8) is 0 Å². The zero-order chi connectivity index (χ0) is 21.1. The zero-order valence-electron chi connectivity index (χ0n) is 15.9. The highest BCUT2D eigenvalue weighted by Gasteiger charge is 2.27. The van der Waals surface area contributed by atoms with Crippen LogP contribution in [0.5, 0.6) is 0 Å². The highest BCUT2D eigenvalue weighted by Crippen LogP contribution is 2.23. The summed E-state index contributed by atoms with van der Waals surface area (Å²) in [5.74, 6) is -1.50. The normalized spacial score (nSPS) is 17.1. The molecule has 9 heteroatoms. The fourth-order valence-electron chi connectivity index (χ4n) is 3.46. The molecule has 1 atom stereocenters. The summed E-state index contributed by atoms with van der Waals surface area (Å²) in [6, 6.07) is 10.5. The van der Waals surface area contributed by atoms with E-state index < -0.39 is 11.6 Å². The molecule has 1 fully saturated rings. The number of carbonyl (C=O) groups is 1. The minimum absolute atomic E-state index is 0.224. The molecule has 1 aliphatic rings. The van der Waals surface area contributed by atoms with Crippen LogP contribution < -0.4 is 5.32 Å². The smallest absolute Gasteiger partial charge is 0.241 e. The van der Waals surface area contributed by atoms with Crippen molar-refractivity contribution in [3.8, 4) is 11.4 Å². The number of hydrogen-bond donors (Lipinski definition) is 1. The third kappa shape index (κ3) is 4.83. The van der Waals surface area contributed by atoms with E-state index in [1.807, 2.05) is 12.1 Å². The highest BCUT2D eigenvalue weighted by molar-refractivity contribution is 6.30. The van der Waals surface area contributed by atoms with Crippen molar-refractivity contribution >= 4 is 23.2 Å². The topological polar surface area (TPSA) is 71.3 Å². The van der Waals surface area contributed by atoms with Gasteiger partial charge in [0.1, 0.15) is 0 Å². The fraction of sp³-hybridized carbons (Fsp3) is 0.286. The van der Waals surface area contributed by atoms with E-state index in [9.17, 15) is 13.6 Å². The lowest BCUT2D eigenvalue weighted by Crippen LogP contribution is -2.40. The number of halogens is 3. The molecule has 4 rings (SSSR count). The second kappa shape index (κ2) is 8.89. The van der Waals surface area contributed by atoms with Crippen molar-refractivity contribution in [2.75, 3.05) is 18.4 Å². The van der Waals surface area contributed by atoms with Crippen LogP contribution in [0.15, 0.2) is 47.0 Å². The summed E-state index contributed by atoms with van der Waals surface area (Å²) in [6.45, 7) is 1.73. The van der Waals surface area contributed by atoms with Crippen molar-refractivity contribution in [2.45, 2.75) is 19.4 Å². The van der Waals surface area contributed by atoms with Gasteiger partial charge < -0.3 is 9.84 Å². The number of carbonyl (C=O) groups excluding carboxylic acids is 1. The summed E-state index contributed by atoms with van der Waals surface area (Å²) in [5, 5.41) is 7.29. The Morgan fingerprint density at radius 2 is 2.00 bits per heavy atom. The van der Waals surface area contributed by atoms with Gasteiger partial charge in [0.25, 0.3) is 0 Å². The molecule has 2 aromatic carbocycles. The standard InChI is InChI=1S/C21H19ClF2N4O2/c22-15-5-3-13(4-6-15)20-26-19(30-27-20)12-28-9-1-2-14(11-28)21(29)25-16-7-8-17(23)18(24)10-16/h3-8,10,14H,1-2,9,11-12H2,(H,25,29). The van der Waals surface area contributed by atoms with Crippen LogP contribution in [0.4, 0.5) is 14.5 Å².